The lowest BCUT2D eigenvalue weighted by Crippen LogP contribution is -2.54. The molecule has 1 aromatic rings. The predicted molar refractivity (Wildman–Crippen MR) is 93.6 cm³/mol. The van der Waals surface area contributed by atoms with Crippen molar-refractivity contribution in [2.24, 2.45) is 5.92 Å². The van der Waals surface area contributed by atoms with Crippen LogP contribution in [0.4, 0.5) is 0 Å². The third-order valence-corrected chi connectivity index (χ3v) is 4.64. The Bertz CT molecular complexity index is 882. The molecule has 3 aliphatic rings. The molecule has 3 aliphatic heterocycles. The normalized spacial score (nSPS) is 22.0. The van der Waals surface area contributed by atoms with Gasteiger partial charge in [-0.3, -0.25) is 29.4 Å². The van der Waals surface area contributed by atoms with E-state index >= 15 is 0 Å². The molecule has 4 amide bonds. The molecule has 1 atom stereocenters. The van der Waals surface area contributed by atoms with E-state index in [9.17, 15) is 19.2 Å². The van der Waals surface area contributed by atoms with E-state index < -0.39 is 23.8 Å². The number of halogens is 1. The van der Waals surface area contributed by atoms with Crippen molar-refractivity contribution in [3.05, 3.63) is 34.9 Å². The molecular weight excluding hydrogens is 358 g/mol. The number of hydrogen-bond donors (Lipinski definition) is 2. The number of carbonyl (C=O) groups excluding carboxylic acids is 4. The summed E-state index contributed by atoms with van der Waals surface area (Å²) in [5.41, 5.74) is 1.19. The Morgan fingerprint density at radius 3 is 2.42 bits per heavy atom. The van der Waals surface area contributed by atoms with Crippen LogP contribution in [0.5, 0.6) is 0 Å². The maximum Gasteiger partial charge on any atom is 0.262 e. The number of rotatable bonds is 1. The highest BCUT2D eigenvalue weighted by Gasteiger charge is 2.44. The number of nitrogens with zero attached hydrogens (tertiary/aromatic N) is 1. The summed E-state index contributed by atoms with van der Waals surface area (Å²) in [6, 6.07) is 3.93. The second kappa shape index (κ2) is 6.90. The van der Waals surface area contributed by atoms with E-state index in [1.54, 1.807) is 18.2 Å². The molecule has 8 heteroatoms. The monoisotopic (exact) mass is 373 g/mol. The van der Waals surface area contributed by atoms with E-state index in [0.717, 1.165) is 18.0 Å². The van der Waals surface area contributed by atoms with Crippen LogP contribution in [0.25, 0.3) is 0 Å². The van der Waals surface area contributed by atoms with Crippen molar-refractivity contribution in [1.29, 1.82) is 0 Å². The summed E-state index contributed by atoms with van der Waals surface area (Å²) in [6.45, 7) is 1.72. The summed E-state index contributed by atoms with van der Waals surface area (Å²) < 4.78 is 0. The first-order valence-corrected chi connectivity index (χ1v) is 8.12. The highest BCUT2D eigenvalue weighted by atomic mass is 35.5. The van der Waals surface area contributed by atoms with Gasteiger partial charge in [0.05, 0.1) is 11.1 Å². The zero-order chi connectivity index (χ0) is 17.6. The molecule has 0 saturated carbocycles. The molecule has 2 N–H and O–H groups in total. The van der Waals surface area contributed by atoms with E-state index in [0.29, 0.717) is 11.5 Å². The molecule has 26 heavy (non-hydrogen) atoms. The van der Waals surface area contributed by atoms with Crippen molar-refractivity contribution in [2.75, 3.05) is 13.1 Å². The minimum atomic E-state index is -0.944. The van der Waals surface area contributed by atoms with Crippen LogP contribution in [0.2, 0.25) is 0 Å². The zero-order valence-electron chi connectivity index (χ0n) is 13.7. The number of imide groups is 2. The van der Waals surface area contributed by atoms with Gasteiger partial charge in [-0.2, -0.15) is 0 Å². The maximum atomic E-state index is 12.7. The van der Waals surface area contributed by atoms with Gasteiger partial charge in [0, 0.05) is 31.0 Å². The number of benzene rings is 1. The minimum absolute atomic E-state index is 0. The average molecular weight is 374 g/mol. The van der Waals surface area contributed by atoms with Crippen molar-refractivity contribution in [3.8, 4) is 11.8 Å². The highest BCUT2D eigenvalue weighted by molar-refractivity contribution is 6.23. The van der Waals surface area contributed by atoms with Gasteiger partial charge in [-0.05, 0) is 24.6 Å². The fourth-order valence-corrected chi connectivity index (χ4v) is 3.12. The third-order valence-electron chi connectivity index (χ3n) is 4.64. The standard InChI is InChI=1S/C18H15N3O4.ClH/c22-15-6-5-14(16(23)20-15)21-17(24)12-4-3-10(7-13(12)18(21)25)1-2-11-8-19-9-11;/h3-4,7,11,14,19H,5-6,8-9H2,(H,20,22,23);1H. The third kappa shape index (κ3) is 2.98. The van der Waals surface area contributed by atoms with E-state index in [-0.39, 0.29) is 42.3 Å². The molecule has 2 fully saturated rings. The lowest BCUT2D eigenvalue weighted by atomic mass is 10.0. The summed E-state index contributed by atoms with van der Waals surface area (Å²) in [4.78, 5) is 49.5. The quantitative estimate of drug-likeness (QED) is 0.537. The molecule has 0 spiro atoms. The van der Waals surface area contributed by atoms with Gasteiger partial charge >= 0.3 is 0 Å². The minimum Gasteiger partial charge on any atom is -0.314 e. The summed E-state index contributed by atoms with van der Waals surface area (Å²) in [5, 5.41) is 5.31. The molecular formula is C18H16ClN3O4. The Kier molecular flexibility index (Phi) is 4.81. The van der Waals surface area contributed by atoms with Crippen molar-refractivity contribution in [1.82, 2.24) is 15.5 Å². The van der Waals surface area contributed by atoms with Gasteiger partial charge in [0.25, 0.3) is 11.8 Å². The second-order valence-corrected chi connectivity index (χ2v) is 6.33. The number of carbonyl (C=O) groups is 4. The Balaban J connectivity index is 0.00000196. The molecule has 0 radical (unpaired) electrons. The van der Waals surface area contributed by atoms with Crippen LogP contribution >= 0.6 is 12.4 Å². The van der Waals surface area contributed by atoms with Gasteiger partial charge in [-0.1, -0.05) is 11.8 Å². The summed E-state index contributed by atoms with van der Waals surface area (Å²) in [6.07, 6.45) is 0.257. The van der Waals surface area contributed by atoms with Crippen LogP contribution in [-0.2, 0) is 9.59 Å². The number of amides is 4. The van der Waals surface area contributed by atoms with E-state index in [2.05, 4.69) is 22.5 Å². The number of piperidine rings is 1. The Morgan fingerprint density at radius 1 is 1.04 bits per heavy atom. The highest BCUT2D eigenvalue weighted by Crippen LogP contribution is 2.28. The molecule has 0 bridgehead atoms. The SMILES string of the molecule is Cl.O=C1CCC(N2C(=O)c3ccc(C#CC4CNC4)cc3C2=O)C(=O)N1. The Hall–Kier alpha value is -2.69. The fraction of sp³-hybridized carbons (Fsp3) is 0.333. The van der Waals surface area contributed by atoms with Crippen LogP contribution in [0.3, 0.4) is 0 Å². The van der Waals surface area contributed by atoms with Gasteiger partial charge < -0.3 is 5.32 Å². The second-order valence-electron chi connectivity index (χ2n) is 6.33. The van der Waals surface area contributed by atoms with E-state index in [1.165, 1.54) is 0 Å². The van der Waals surface area contributed by atoms with Crippen molar-refractivity contribution >= 4 is 36.0 Å². The lowest BCUT2D eigenvalue weighted by Gasteiger charge is -2.27. The number of nitrogens with one attached hydrogen (secondary N) is 2. The zero-order valence-corrected chi connectivity index (χ0v) is 14.5. The van der Waals surface area contributed by atoms with Gasteiger partial charge in [0.1, 0.15) is 6.04 Å². The van der Waals surface area contributed by atoms with Gasteiger partial charge in [0.2, 0.25) is 11.8 Å². The van der Waals surface area contributed by atoms with Crippen LogP contribution in [0, 0.1) is 17.8 Å². The fourth-order valence-electron chi connectivity index (χ4n) is 3.12. The topological polar surface area (TPSA) is 95.6 Å². The Morgan fingerprint density at radius 2 is 1.77 bits per heavy atom. The smallest absolute Gasteiger partial charge is 0.262 e. The Labute approximate surface area is 155 Å². The first-order valence-electron chi connectivity index (χ1n) is 8.12. The van der Waals surface area contributed by atoms with Gasteiger partial charge in [0.15, 0.2) is 0 Å². The molecule has 0 aromatic heterocycles. The predicted octanol–water partition coefficient (Wildman–Crippen LogP) is 0.0805. The number of hydrogen-bond acceptors (Lipinski definition) is 5. The largest absolute Gasteiger partial charge is 0.314 e. The lowest BCUT2D eigenvalue weighted by molar-refractivity contribution is -0.136. The van der Waals surface area contributed by atoms with Crippen LogP contribution in [-0.4, -0.2) is 47.7 Å². The van der Waals surface area contributed by atoms with Crippen LogP contribution in [0.1, 0.15) is 39.1 Å². The van der Waals surface area contributed by atoms with E-state index in [4.69, 9.17) is 0 Å². The van der Waals surface area contributed by atoms with Gasteiger partial charge in [-0.15, -0.1) is 12.4 Å². The average Bonchev–Trinajstić information content (AvgIpc) is 2.78. The molecule has 1 unspecified atom stereocenters. The maximum absolute atomic E-state index is 12.7. The van der Waals surface area contributed by atoms with Crippen LogP contribution < -0.4 is 10.6 Å². The summed E-state index contributed by atoms with van der Waals surface area (Å²) in [5.74, 6) is 4.44. The van der Waals surface area contributed by atoms with Crippen molar-refractivity contribution in [3.63, 3.8) is 0 Å². The molecule has 134 valence electrons. The first-order chi connectivity index (χ1) is 12.0. The molecule has 2 saturated heterocycles. The molecule has 0 aliphatic carbocycles. The van der Waals surface area contributed by atoms with Crippen molar-refractivity contribution in [2.45, 2.75) is 18.9 Å². The summed E-state index contributed by atoms with van der Waals surface area (Å²) >= 11 is 0. The molecule has 7 nitrogen and oxygen atoms in total. The summed E-state index contributed by atoms with van der Waals surface area (Å²) in [7, 11) is 0. The molecule has 4 rings (SSSR count). The van der Waals surface area contributed by atoms with Gasteiger partial charge in [-0.25, -0.2) is 0 Å². The molecule has 3 heterocycles. The first kappa shape index (κ1) is 18.1. The van der Waals surface area contributed by atoms with Crippen molar-refractivity contribution < 1.29 is 19.2 Å². The molecule has 1 aromatic carbocycles. The number of fused-ring (bicyclic) bond motifs is 1. The van der Waals surface area contributed by atoms with E-state index in [1.807, 2.05) is 0 Å². The van der Waals surface area contributed by atoms with Crippen LogP contribution in [0.15, 0.2) is 18.2 Å².